The highest BCUT2D eigenvalue weighted by molar-refractivity contribution is 14.1. The van der Waals surface area contributed by atoms with Crippen molar-refractivity contribution in [2.45, 2.75) is 37.1 Å². The number of nitrogens with two attached hydrogens (primary N) is 2. The third-order valence-electron chi connectivity index (χ3n) is 12.2. The Morgan fingerprint density at radius 3 is 0.830 bits per heavy atom. The maximum atomic E-state index is 13.5. The van der Waals surface area contributed by atoms with Crippen LogP contribution in [0.4, 0.5) is 90.4 Å². The predicted octanol–water partition coefficient (Wildman–Crippen LogP) is 22.6. The van der Waals surface area contributed by atoms with Crippen molar-refractivity contribution in [3.05, 3.63) is 238 Å². The van der Waals surface area contributed by atoms with Crippen molar-refractivity contribution in [3.8, 4) is 61.4 Å². The second kappa shape index (κ2) is 28.4. The van der Waals surface area contributed by atoms with Crippen LogP contribution < -0.4 is 16.1 Å². The number of halogens is 23. The molecule has 4 nitrogen and oxygen atoms in total. The summed E-state index contributed by atoms with van der Waals surface area (Å²) in [5, 5.41) is 10.2. The Kier molecular flexibility index (Phi) is 22.7. The van der Waals surface area contributed by atoms with E-state index in [2.05, 4.69) is 15.9 Å². The van der Waals surface area contributed by atoms with Crippen LogP contribution in [0, 0.1) is 3.57 Å². The van der Waals surface area contributed by atoms with E-state index >= 15 is 0 Å². The maximum Gasteiger partial charge on any atom is 0.569 e. The summed E-state index contributed by atoms with van der Waals surface area (Å²) in [7, 11) is 0.664. The SMILES string of the molecule is FC(F)(F)c1cc(I)cc(C(F)(F)F)c1-c1ccc(-c2ccc(Cl)cc2)cc1.Nc1c(C(F)(F)F)cc(Br)cc1C(F)(F)F.Nc1cc(C(F)(F)F)c(-c2ccc(-c3ccc(Cl)cc3)cc2)c(C(F)(F)F)c1.O[B]Oc1ccc(-c2ccc(Cl)cc2)cc1. The highest BCUT2D eigenvalue weighted by Gasteiger charge is 2.44. The summed E-state index contributed by atoms with van der Waals surface area (Å²) >= 11 is 21.5. The number of hydrogen-bond acceptors (Lipinski definition) is 4. The van der Waals surface area contributed by atoms with Crippen LogP contribution in [0.5, 0.6) is 5.75 Å². The number of alkyl halides is 18. The molecule has 0 aliphatic rings. The molecule has 88 heavy (non-hydrogen) atoms. The Balaban J connectivity index is 0.000000194. The van der Waals surface area contributed by atoms with Crippen molar-refractivity contribution in [2.75, 3.05) is 11.5 Å². The van der Waals surface area contributed by atoms with E-state index in [0.717, 1.165) is 39.4 Å². The first-order valence-electron chi connectivity index (χ1n) is 24.3. The van der Waals surface area contributed by atoms with Gasteiger partial charge in [0.05, 0.1) is 39.1 Å². The zero-order chi connectivity index (χ0) is 65.5. The van der Waals surface area contributed by atoms with Crippen LogP contribution in [0.15, 0.2) is 186 Å². The van der Waals surface area contributed by atoms with Crippen LogP contribution in [-0.4, -0.2) is 12.7 Å². The zero-order valence-corrected chi connectivity index (χ0v) is 49.6. The number of nitrogen functional groups attached to an aromatic ring is 2. The lowest BCUT2D eigenvalue weighted by molar-refractivity contribution is -0.143. The predicted molar refractivity (Wildman–Crippen MR) is 316 cm³/mol. The molecule has 0 saturated carbocycles. The summed E-state index contributed by atoms with van der Waals surface area (Å²) in [6.45, 7) is 0. The van der Waals surface area contributed by atoms with Gasteiger partial charge in [0, 0.05) is 39.9 Å². The van der Waals surface area contributed by atoms with Crippen LogP contribution in [0.1, 0.15) is 33.4 Å². The van der Waals surface area contributed by atoms with Gasteiger partial charge in [0.25, 0.3) is 0 Å². The minimum atomic E-state index is -5.00. The van der Waals surface area contributed by atoms with E-state index < -0.39 is 92.9 Å². The van der Waals surface area contributed by atoms with Crippen molar-refractivity contribution in [1.29, 1.82) is 0 Å². The quantitative estimate of drug-likeness (QED) is 0.0643. The fourth-order valence-corrected chi connectivity index (χ4v) is 9.71. The van der Waals surface area contributed by atoms with Crippen molar-refractivity contribution in [3.63, 3.8) is 0 Å². The Morgan fingerprint density at radius 2 is 0.580 bits per heavy atom. The summed E-state index contributed by atoms with van der Waals surface area (Å²) in [4.78, 5) is 0. The first-order chi connectivity index (χ1) is 40.8. The van der Waals surface area contributed by atoms with Crippen LogP contribution in [0.3, 0.4) is 0 Å². The molecule has 9 rings (SSSR count). The van der Waals surface area contributed by atoms with E-state index in [1.165, 1.54) is 71.1 Å². The summed E-state index contributed by atoms with van der Waals surface area (Å²) in [5.74, 6) is 0.597. The van der Waals surface area contributed by atoms with Gasteiger partial charge >= 0.3 is 44.7 Å². The van der Waals surface area contributed by atoms with Gasteiger partial charge in [-0.3, -0.25) is 0 Å². The topological polar surface area (TPSA) is 81.5 Å². The number of anilines is 2. The molecule has 461 valence electrons. The molecule has 0 aliphatic carbocycles. The van der Waals surface area contributed by atoms with Crippen LogP contribution in [0.25, 0.3) is 55.6 Å². The Morgan fingerprint density at radius 1 is 0.352 bits per heavy atom. The normalized spacial score (nSPS) is 12.0. The molecule has 0 spiro atoms. The Labute approximate surface area is 526 Å². The third-order valence-corrected chi connectivity index (χ3v) is 14.0. The molecule has 1 radical (unpaired) electrons. The maximum absolute atomic E-state index is 13.5. The van der Waals surface area contributed by atoms with Gasteiger partial charge in [0.1, 0.15) is 5.75 Å². The average molecular weight is 1480 g/mol. The van der Waals surface area contributed by atoms with Crippen molar-refractivity contribution >= 4 is 92.4 Å². The molecule has 0 bridgehead atoms. The number of benzene rings is 9. The minimum absolute atomic E-state index is 0.140. The molecular formula is C60H35BBrCl3F18IN2O2. The largest absolute Gasteiger partial charge is 0.569 e. The van der Waals surface area contributed by atoms with Crippen LogP contribution >= 0.6 is 73.3 Å². The molecule has 0 heterocycles. The highest BCUT2D eigenvalue weighted by Crippen LogP contribution is 2.49. The lowest BCUT2D eigenvalue weighted by Crippen LogP contribution is -2.15. The summed E-state index contributed by atoms with van der Waals surface area (Å²) in [6.07, 6.45) is -29.7. The zero-order valence-electron chi connectivity index (χ0n) is 43.6. The summed E-state index contributed by atoms with van der Waals surface area (Å²) < 4.78 is 240. The monoisotopic (exact) mass is 1480 g/mol. The fourth-order valence-electron chi connectivity index (χ4n) is 8.25. The van der Waals surface area contributed by atoms with Gasteiger partial charge < -0.3 is 21.1 Å². The molecule has 0 unspecified atom stereocenters. The first kappa shape index (κ1) is 70.3. The van der Waals surface area contributed by atoms with Gasteiger partial charge in [-0.2, -0.15) is 79.0 Å². The van der Waals surface area contributed by atoms with Crippen molar-refractivity contribution < 1.29 is 88.7 Å². The molecule has 9 aromatic rings. The molecule has 9 aromatic carbocycles. The molecule has 0 amide bonds. The van der Waals surface area contributed by atoms with Crippen LogP contribution in [0.2, 0.25) is 15.1 Å². The minimum Gasteiger partial charge on any atom is -0.537 e. The first-order valence-corrected chi connectivity index (χ1v) is 27.3. The summed E-state index contributed by atoms with van der Waals surface area (Å²) in [5.41, 5.74) is 2.44. The van der Waals surface area contributed by atoms with Gasteiger partial charge in [0.2, 0.25) is 0 Å². The average Bonchev–Trinajstić information content (AvgIpc) is 0.834. The molecule has 0 aliphatic heterocycles. The molecule has 0 aromatic heterocycles. The van der Waals surface area contributed by atoms with E-state index in [0.29, 0.717) is 58.9 Å². The van der Waals surface area contributed by atoms with Crippen molar-refractivity contribution in [2.24, 2.45) is 0 Å². The molecule has 5 N–H and O–H groups in total. The van der Waals surface area contributed by atoms with Gasteiger partial charge in [0.15, 0.2) is 0 Å². The second-order valence-electron chi connectivity index (χ2n) is 18.2. The molecular weight excluding hydrogens is 1450 g/mol. The fraction of sp³-hybridized carbons (Fsp3) is 0.100. The third kappa shape index (κ3) is 18.9. The number of hydrogen-bond donors (Lipinski definition) is 3. The highest BCUT2D eigenvalue weighted by atomic mass is 127. The Hall–Kier alpha value is -6.78. The summed E-state index contributed by atoms with van der Waals surface area (Å²) in [6, 6.07) is 42.7. The van der Waals surface area contributed by atoms with E-state index in [1.807, 2.05) is 36.4 Å². The van der Waals surface area contributed by atoms with Gasteiger partial charge in [-0.15, -0.1) is 0 Å². The van der Waals surface area contributed by atoms with E-state index in [1.54, 1.807) is 60.7 Å². The van der Waals surface area contributed by atoms with Crippen molar-refractivity contribution in [1.82, 2.24) is 0 Å². The standard InChI is InChI=1S/C20H10ClF6I.C20H12ClF6N.C12H9BClO2.C8H4BrF6N/c2*21-14-7-5-12(6-8-14)11-1-3-13(4-2-11)18-16(19(22,23)24)9-15(28)10-17(18)20(25,26)27;14-11-5-1-9(2-6-11)10-3-7-12(8-4-10)16-13-15;9-3-1-4(7(10,11)12)6(16)5(2-3)8(13,14)15/h1-10H;1-10H,28H2;1-8,15H;1-2H,16H2. The van der Waals surface area contributed by atoms with Gasteiger partial charge in [-0.05, 0) is 152 Å². The van der Waals surface area contributed by atoms with E-state index in [4.69, 9.17) is 55.9 Å². The van der Waals surface area contributed by atoms with Crippen LogP contribution in [-0.2, 0) is 37.1 Å². The molecule has 0 saturated heterocycles. The van der Waals surface area contributed by atoms with E-state index in [-0.39, 0.29) is 19.2 Å². The number of rotatable bonds is 7. The molecule has 0 atom stereocenters. The Bertz CT molecular complexity index is 3560. The lowest BCUT2D eigenvalue weighted by Gasteiger charge is -2.20. The van der Waals surface area contributed by atoms with E-state index in [9.17, 15) is 79.0 Å². The second-order valence-corrected chi connectivity index (χ2v) is 21.7. The molecule has 0 fully saturated rings. The lowest BCUT2D eigenvalue weighted by atomic mass is 9.91. The molecule has 28 heteroatoms. The van der Waals surface area contributed by atoms with Gasteiger partial charge in [-0.1, -0.05) is 148 Å². The van der Waals surface area contributed by atoms with Gasteiger partial charge in [-0.25, -0.2) is 0 Å². The smallest absolute Gasteiger partial charge is 0.537 e.